The molecule has 146 valence electrons. The Bertz CT molecular complexity index is 923. The number of rotatable bonds is 4. The smallest absolute Gasteiger partial charge is 0.402 e. The summed E-state index contributed by atoms with van der Waals surface area (Å²) >= 11 is 0. The van der Waals surface area contributed by atoms with E-state index < -0.39 is 17.6 Å². The molecule has 0 spiro atoms. The standard InChI is InChI=1S/C20H19F3N4O/c21-20(22,23)16-4-2-1-3-14(16)11-18(28)27-10-7-17(24)15(12-27)19(25)13-5-8-26-9-6-13/h1-6,8-9,25H,7,10-12,24H2. The number of aromatic nitrogens is 1. The van der Waals surface area contributed by atoms with Crippen molar-refractivity contribution in [1.82, 2.24) is 9.88 Å². The summed E-state index contributed by atoms with van der Waals surface area (Å²) in [6.07, 6.45) is -1.39. The highest BCUT2D eigenvalue weighted by molar-refractivity contribution is 6.11. The molecule has 1 amide bonds. The molecule has 1 aliphatic rings. The van der Waals surface area contributed by atoms with Crippen LogP contribution in [0, 0.1) is 5.41 Å². The normalized spacial score (nSPS) is 14.9. The van der Waals surface area contributed by atoms with E-state index in [0.29, 0.717) is 29.8 Å². The summed E-state index contributed by atoms with van der Waals surface area (Å²) in [6.45, 7) is 0.409. The van der Waals surface area contributed by atoms with Gasteiger partial charge in [0.25, 0.3) is 0 Å². The van der Waals surface area contributed by atoms with Crippen LogP contribution in [0.3, 0.4) is 0 Å². The Morgan fingerprint density at radius 2 is 1.86 bits per heavy atom. The minimum atomic E-state index is -4.52. The Morgan fingerprint density at radius 3 is 2.54 bits per heavy atom. The average Bonchev–Trinajstić information content (AvgIpc) is 2.68. The number of pyridine rings is 1. The Hall–Kier alpha value is -3.16. The van der Waals surface area contributed by atoms with Gasteiger partial charge in [-0.1, -0.05) is 18.2 Å². The summed E-state index contributed by atoms with van der Waals surface area (Å²) in [5.41, 5.74) is 7.01. The predicted molar refractivity (Wildman–Crippen MR) is 98.6 cm³/mol. The lowest BCUT2D eigenvalue weighted by Gasteiger charge is -2.30. The minimum Gasteiger partial charge on any atom is -0.402 e. The van der Waals surface area contributed by atoms with Gasteiger partial charge in [0.05, 0.1) is 17.7 Å². The highest BCUT2D eigenvalue weighted by Gasteiger charge is 2.34. The molecule has 0 unspecified atom stereocenters. The van der Waals surface area contributed by atoms with Gasteiger partial charge < -0.3 is 10.6 Å². The molecule has 28 heavy (non-hydrogen) atoms. The number of hydrogen-bond acceptors (Lipinski definition) is 4. The van der Waals surface area contributed by atoms with Gasteiger partial charge in [0.15, 0.2) is 0 Å². The van der Waals surface area contributed by atoms with Gasteiger partial charge in [-0.25, -0.2) is 0 Å². The van der Waals surface area contributed by atoms with Crippen LogP contribution in [0.15, 0.2) is 60.1 Å². The third-order valence-electron chi connectivity index (χ3n) is 4.68. The van der Waals surface area contributed by atoms with Crippen molar-refractivity contribution >= 4 is 11.6 Å². The molecule has 1 aliphatic heterocycles. The van der Waals surface area contributed by atoms with Crippen molar-refractivity contribution in [2.45, 2.75) is 19.0 Å². The van der Waals surface area contributed by atoms with Crippen molar-refractivity contribution in [1.29, 1.82) is 5.41 Å². The summed E-state index contributed by atoms with van der Waals surface area (Å²) in [7, 11) is 0. The van der Waals surface area contributed by atoms with Crippen LogP contribution < -0.4 is 5.73 Å². The maximum absolute atomic E-state index is 13.2. The quantitative estimate of drug-likeness (QED) is 0.790. The fourth-order valence-corrected chi connectivity index (χ4v) is 3.15. The zero-order valence-electron chi connectivity index (χ0n) is 15.0. The zero-order valence-corrected chi connectivity index (χ0v) is 15.0. The Morgan fingerprint density at radius 1 is 1.18 bits per heavy atom. The molecular weight excluding hydrogens is 369 g/mol. The van der Waals surface area contributed by atoms with E-state index >= 15 is 0 Å². The highest BCUT2D eigenvalue weighted by atomic mass is 19.4. The van der Waals surface area contributed by atoms with Crippen LogP contribution in [-0.2, 0) is 17.4 Å². The summed E-state index contributed by atoms with van der Waals surface area (Å²) in [6, 6.07) is 8.41. The lowest BCUT2D eigenvalue weighted by atomic mass is 9.96. The van der Waals surface area contributed by atoms with Gasteiger partial charge in [-0.2, -0.15) is 13.2 Å². The van der Waals surface area contributed by atoms with Gasteiger partial charge in [-0.15, -0.1) is 0 Å². The second-order valence-electron chi connectivity index (χ2n) is 6.51. The van der Waals surface area contributed by atoms with Gasteiger partial charge in [-0.3, -0.25) is 15.2 Å². The van der Waals surface area contributed by atoms with Crippen LogP contribution in [0.4, 0.5) is 13.2 Å². The Balaban J connectivity index is 1.77. The molecule has 3 rings (SSSR count). The second-order valence-corrected chi connectivity index (χ2v) is 6.51. The first-order chi connectivity index (χ1) is 13.3. The number of alkyl halides is 3. The number of nitrogens with one attached hydrogen (secondary N) is 1. The van der Waals surface area contributed by atoms with E-state index in [2.05, 4.69) is 4.98 Å². The van der Waals surface area contributed by atoms with Gasteiger partial charge in [0.2, 0.25) is 5.91 Å². The van der Waals surface area contributed by atoms with Crippen LogP contribution in [0.1, 0.15) is 23.1 Å². The molecule has 8 heteroatoms. The molecule has 0 saturated heterocycles. The molecule has 0 aliphatic carbocycles. The molecule has 2 heterocycles. The van der Waals surface area contributed by atoms with Crippen molar-refractivity contribution in [2.75, 3.05) is 13.1 Å². The maximum Gasteiger partial charge on any atom is 0.416 e. The summed E-state index contributed by atoms with van der Waals surface area (Å²) in [5.74, 6) is -0.427. The molecule has 3 N–H and O–H groups in total. The predicted octanol–water partition coefficient (Wildman–Crippen LogP) is 3.16. The van der Waals surface area contributed by atoms with E-state index in [0.717, 1.165) is 6.07 Å². The third-order valence-corrected chi connectivity index (χ3v) is 4.68. The SMILES string of the molecule is N=C(C1=C(N)CCN(C(=O)Cc2ccccc2C(F)(F)F)C1)c1ccncc1. The number of nitrogens with zero attached hydrogens (tertiary/aromatic N) is 2. The summed E-state index contributed by atoms with van der Waals surface area (Å²) in [4.78, 5) is 18.0. The van der Waals surface area contributed by atoms with E-state index in [1.54, 1.807) is 24.5 Å². The van der Waals surface area contributed by atoms with E-state index in [-0.39, 0.29) is 24.2 Å². The van der Waals surface area contributed by atoms with Crippen molar-refractivity contribution < 1.29 is 18.0 Å². The minimum absolute atomic E-state index is 0.0618. The third kappa shape index (κ3) is 4.21. The Kier molecular flexibility index (Phi) is 5.48. The summed E-state index contributed by atoms with van der Waals surface area (Å²) in [5, 5.41) is 8.37. The lowest BCUT2D eigenvalue weighted by Crippen LogP contribution is -2.41. The molecular formula is C20H19F3N4O. The summed E-state index contributed by atoms with van der Waals surface area (Å²) < 4.78 is 39.5. The second kappa shape index (κ2) is 7.84. The van der Waals surface area contributed by atoms with Crippen molar-refractivity contribution in [3.8, 4) is 0 Å². The van der Waals surface area contributed by atoms with Crippen molar-refractivity contribution in [3.05, 3.63) is 76.8 Å². The zero-order chi connectivity index (χ0) is 20.3. The number of amides is 1. The topological polar surface area (TPSA) is 83.1 Å². The van der Waals surface area contributed by atoms with Crippen LogP contribution in [0.25, 0.3) is 0 Å². The molecule has 0 fully saturated rings. The number of halogens is 3. The molecule has 2 aromatic rings. The molecule has 0 atom stereocenters. The number of carbonyl (C=O) groups is 1. The van der Waals surface area contributed by atoms with Gasteiger partial charge in [-0.05, 0) is 23.8 Å². The van der Waals surface area contributed by atoms with Crippen LogP contribution in [0.5, 0.6) is 0 Å². The molecule has 0 radical (unpaired) electrons. The fourth-order valence-electron chi connectivity index (χ4n) is 3.15. The number of benzene rings is 1. The average molecular weight is 388 g/mol. The number of carbonyl (C=O) groups excluding carboxylic acids is 1. The molecule has 1 aromatic heterocycles. The highest BCUT2D eigenvalue weighted by Crippen LogP contribution is 2.32. The van der Waals surface area contributed by atoms with E-state index in [1.165, 1.54) is 23.1 Å². The number of hydrogen-bond donors (Lipinski definition) is 2. The van der Waals surface area contributed by atoms with Crippen LogP contribution in [0.2, 0.25) is 0 Å². The van der Waals surface area contributed by atoms with E-state index in [9.17, 15) is 18.0 Å². The van der Waals surface area contributed by atoms with Crippen LogP contribution >= 0.6 is 0 Å². The van der Waals surface area contributed by atoms with Crippen molar-refractivity contribution in [3.63, 3.8) is 0 Å². The molecule has 1 aromatic carbocycles. The van der Waals surface area contributed by atoms with Gasteiger partial charge in [0.1, 0.15) is 0 Å². The lowest BCUT2D eigenvalue weighted by molar-refractivity contribution is -0.138. The van der Waals surface area contributed by atoms with E-state index in [1.807, 2.05) is 0 Å². The first-order valence-electron chi connectivity index (χ1n) is 8.67. The monoisotopic (exact) mass is 388 g/mol. The molecule has 5 nitrogen and oxygen atoms in total. The first kappa shape index (κ1) is 19.6. The Labute approximate surface area is 160 Å². The molecule has 0 bridgehead atoms. The number of nitrogens with two attached hydrogens (primary N) is 1. The van der Waals surface area contributed by atoms with Gasteiger partial charge in [0, 0.05) is 48.7 Å². The van der Waals surface area contributed by atoms with Crippen LogP contribution in [-0.4, -0.2) is 34.6 Å². The largest absolute Gasteiger partial charge is 0.416 e. The van der Waals surface area contributed by atoms with E-state index in [4.69, 9.17) is 11.1 Å². The van der Waals surface area contributed by atoms with Gasteiger partial charge >= 0.3 is 6.18 Å². The molecule has 0 saturated carbocycles. The van der Waals surface area contributed by atoms with Crippen molar-refractivity contribution in [2.24, 2.45) is 5.73 Å². The maximum atomic E-state index is 13.2. The fraction of sp³-hybridized carbons (Fsp3) is 0.250. The first-order valence-corrected chi connectivity index (χ1v) is 8.67.